The lowest BCUT2D eigenvalue weighted by Gasteiger charge is -2.48. The van der Waals surface area contributed by atoms with Gasteiger partial charge in [0, 0.05) is 12.1 Å². The maximum Gasteiger partial charge on any atom is 0.358 e. The molecule has 2 aromatic carbocycles. The first-order valence-electron chi connectivity index (χ1n) is 9.95. The van der Waals surface area contributed by atoms with E-state index in [9.17, 15) is 29.6 Å². The van der Waals surface area contributed by atoms with E-state index in [1.807, 2.05) is 30.3 Å². The van der Waals surface area contributed by atoms with Crippen LogP contribution in [0.15, 0.2) is 66.1 Å². The van der Waals surface area contributed by atoms with E-state index in [2.05, 4.69) is 5.32 Å². The van der Waals surface area contributed by atoms with E-state index in [0.717, 1.165) is 10.5 Å². The number of benzene rings is 2. The number of carbonyl (C=O) groups is 3. The second-order valence-electron chi connectivity index (χ2n) is 7.41. The number of fused-ring (bicyclic) bond motifs is 1. The molecule has 1 saturated heterocycles. The molecule has 2 N–H and O–H groups in total. The smallest absolute Gasteiger partial charge is 0.358 e. The molecule has 0 aliphatic carbocycles. The molecule has 2 aliphatic heterocycles. The highest BCUT2D eigenvalue weighted by Crippen LogP contribution is 2.40. The standard InChI is InChI=1S/C22H19N3O7S/c26-16-12-33-21-18(23-17(27)10-13-4-2-1-3-5-13)20(28)24(21)19(16)22(29)32-11-14-6-8-15(9-7-14)25(30)31/h1-9,18,21,26H,10-12H2,(H,23,27)/t18?,21-/m0/s1. The Bertz CT molecular complexity index is 1130. The van der Waals surface area contributed by atoms with E-state index in [1.165, 1.54) is 36.0 Å². The topological polar surface area (TPSA) is 139 Å². The van der Waals surface area contributed by atoms with Gasteiger partial charge in [-0.2, -0.15) is 0 Å². The SMILES string of the molecule is O=C(Cc1ccccc1)NC1C(=O)N2C(C(=O)OCc3ccc([N+](=O)[O-])cc3)=C(O)CS[C@@H]12. The molecule has 2 heterocycles. The zero-order valence-electron chi connectivity index (χ0n) is 17.2. The van der Waals surface area contributed by atoms with Crippen molar-refractivity contribution in [2.24, 2.45) is 0 Å². The number of rotatable bonds is 7. The van der Waals surface area contributed by atoms with Gasteiger partial charge in [0.1, 0.15) is 23.8 Å². The molecule has 10 nitrogen and oxygen atoms in total. The largest absolute Gasteiger partial charge is 0.509 e. The van der Waals surface area contributed by atoms with Crippen LogP contribution in [0, 0.1) is 10.1 Å². The zero-order chi connectivity index (χ0) is 23.5. The van der Waals surface area contributed by atoms with Crippen molar-refractivity contribution < 1.29 is 29.2 Å². The number of non-ortho nitro benzene ring substituents is 1. The van der Waals surface area contributed by atoms with Crippen molar-refractivity contribution in [3.8, 4) is 0 Å². The van der Waals surface area contributed by atoms with Crippen LogP contribution in [0.4, 0.5) is 5.69 Å². The van der Waals surface area contributed by atoms with E-state index in [0.29, 0.717) is 5.56 Å². The lowest BCUT2D eigenvalue weighted by molar-refractivity contribution is -0.384. The maximum atomic E-state index is 12.7. The van der Waals surface area contributed by atoms with Crippen LogP contribution in [0.2, 0.25) is 0 Å². The number of nitro groups is 1. The van der Waals surface area contributed by atoms with Crippen LogP contribution in [0.1, 0.15) is 11.1 Å². The van der Waals surface area contributed by atoms with Crippen molar-refractivity contribution in [2.45, 2.75) is 24.4 Å². The highest BCUT2D eigenvalue weighted by atomic mass is 32.2. The zero-order valence-corrected chi connectivity index (χ0v) is 18.0. The predicted octanol–water partition coefficient (Wildman–Crippen LogP) is 2.05. The molecule has 11 heteroatoms. The number of nitro benzene ring substituents is 1. The van der Waals surface area contributed by atoms with Crippen molar-refractivity contribution in [1.29, 1.82) is 0 Å². The Labute approximate surface area is 192 Å². The lowest BCUT2D eigenvalue weighted by atomic mass is 10.0. The number of hydrogen-bond donors (Lipinski definition) is 2. The quantitative estimate of drug-likeness (QED) is 0.272. The first kappa shape index (κ1) is 22.3. The molecule has 1 fully saturated rings. The summed E-state index contributed by atoms with van der Waals surface area (Å²) in [6, 6.07) is 13.8. The summed E-state index contributed by atoms with van der Waals surface area (Å²) in [7, 11) is 0. The fourth-order valence-corrected chi connectivity index (χ4v) is 4.73. The second kappa shape index (κ2) is 9.33. The molecule has 0 radical (unpaired) electrons. The Morgan fingerprint density at radius 1 is 1.15 bits per heavy atom. The molecule has 0 bridgehead atoms. The van der Waals surface area contributed by atoms with Gasteiger partial charge in [-0.1, -0.05) is 30.3 Å². The van der Waals surface area contributed by atoms with E-state index in [4.69, 9.17) is 4.74 Å². The van der Waals surface area contributed by atoms with Gasteiger partial charge in [-0.15, -0.1) is 11.8 Å². The third-order valence-corrected chi connectivity index (χ3v) is 6.45. The molecule has 4 rings (SSSR count). The molecule has 1 unspecified atom stereocenters. The van der Waals surface area contributed by atoms with Crippen LogP contribution >= 0.6 is 11.8 Å². The molecule has 2 aliphatic rings. The lowest BCUT2D eigenvalue weighted by Crippen LogP contribution is -2.70. The van der Waals surface area contributed by atoms with Gasteiger partial charge in [-0.25, -0.2) is 4.79 Å². The average molecular weight is 469 g/mol. The summed E-state index contributed by atoms with van der Waals surface area (Å²) >= 11 is 1.23. The summed E-state index contributed by atoms with van der Waals surface area (Å²) < 4.78 is 5.22. The highest BCUT2D eigenvalue weighted by Gasteiger charge is 2.54. The maximum absolute atomic E-state index is 12.7. The summed E-state index contributed by atoms with van der Waals surface area (Å²) in [6.45, 7) is -0.190. The van der Waals surface area contributed by atoms with Gasteiger partial charge < -0.3 is 15.2 Å². The van der Waals surface area contributed by atoms with Gasteiger partial charge in [0.05, 0.1) is 17.1 Å². The van der Waals surface area contributed by atoms with Crippen LogP contribution in [0.3, 0.4) is 0 Å². The third-order valence-electron chi connectivity index (χ3n) is 5.18. The summed E-state index contributed by atoms with van der Waals surface area (Å²) in [4.78, 5) is 49.0. The average Bonchev–Trinajstić information content (AvgIpc) is 2.81. The van der Waals surface area contributed by atoms with Gasteiger partial charge in [-0.3, -0.25) is 24.6 Å². The minimum atomic E-state index is -0.890. The molecule has 2 amide bonds. The number of thioether (sulfide) groups is 1. The molecule has 0 saturated carbocycles. The highest BCUT2D eigenvalue weighted by molar-refractivity contribution is 8.00. The summed E-state index contributed by atoms with van der Waals surface area (Å²) in [5.74, 6) is -1.92. The molecular weight excluding hydrogens is 450 g/mol. The van der Waals surface area contributed by atoms with Gasteiger partial charge in [0.15, 0.2) is 5.70 Å². The Balaban J connectivity index is 1.37. The normalized spacial score (nSPS) is 19.4. The van der Waals surface area contributed by atoms with Gasteiger partial charge >= 0.3 is 5.97 Å². The molecular formula is C22H19N3O7S. The number of ether oxygens (including phenoxy) is 1. The van der Waals surface area contributed by atoms with E-state index < -0.39 is 28.2 Å². The van der Waals surface area contributed by atoms with Crippen molar-refractivity contribution in [3.05, 3.63) is 87.3 Å². The van der Waals surface area contributed by atoms with Gasteiger partial charge in [0.25, 0.3) is 11.6 Å². The summed E-state index contributed by atoms with van der Waals surface area (Å²) in [5.41, 5.74) is 0.975. The fourth-order valence-electron chi connectivity index (χ4n) is 3.53. The Hall–Kier alpha value is -3.86. The molecule has 0 spiro atoms. The molecule has 170 valence electrons. The second-order valence-corrected chi connectivity index (χ2v) is 8.52. The number of aliphatic hydroxyl groups excluding tert-OH is 1. The Morgan fingerprint density at radius 2 is 1.85 bits per heavy atom. The number of aliphatic hydroxyl groups is 1. The van der Waals surface area contributed by atoms with Crippen LogP contribution in [-0.4, -0.2) is 49.9 Å². The summed E-state index contributed by atoms with van der Waals surface area (Å²) in [6.07, 6.45) is 0.118. The van der Waals surface area contributed by atoms with Crippen molar-refractivity contribution in [3.63, 3.8) is 0 Å². The van der Waals surface area contributed by atoms with E-state index in [-0.39, 0.29) is 41.8 Å². The van der Waals surface area contributed by atoms with Crippen LogP contribution in [0.5, 0.6) is 0 Å². The van der Waals surface area contributed by atoms with Gasteiger partial charge in [-0.05, 0) is 23.3 Å². The third kappa shape index (κ3) is 4.67. The number of β-lactam (4-membered cyclic amide) rings is 1. The van der Waals surface area contributed by atoms with Crippen molar-refractivity contribution in [2.75, 3.05) is 5.75 Å². The Kier molecular flexibility index (Phi) is 6.31. The predicted molar refractivity (Wildman–Crippen MR) is 118 cm³/mol. The van der Waals surface area contributed by atoms with Crippen LogP contribution in [-0.2, 0) is 32.1 Å². The Morgan fingerprint density at radius 3 is 2.52 bits per heavy atom. The first-order valence-corrected chi connectivity index (χ1v) is 11.0. The van der Waals surface area contributed by atoms with Crippen LogP contribution in [0.25, 0.3) is 0 Å². The van der Waals surface area contributed by atoms with Crippen LogP contribution < -0.4 is 5.32 Å². The number of nitrogens with one attached hydrogen (secondary N) is 1. The summed E-state index contributed by atoms with van der Waals surface area (Å²) in [5, 5.41) is 23.1. The molecule has 2 aromatic rings. The number of carbonyl (C=O) groups excluding carboxylic acids is 3. The number of nitrogens with zero attached hydrogens (tertiary/aromatic N) is 2. The minimum absolute atomic E-state index is 0.0848. The first-order chi connectivity index (χ1) is 15.8. The molecule has 2 atom stereocenters. The van der Waals surface area contributed by atoms with Gasteiger partial charge in [0.2, 0.25) is 5.91 Å². The van der Waals surface area contributed by atoms with Crippen molar-refractivity contribution in [1.82, 2.24) is 10.2 Å². The molecule has 0 aromatic heterocycles. The number of esters is 1. The van der Waals surface area contributed by atoms with E-state index >= 15 is 0 Å². The molecule has 33 heavy (non-hydrogen) atoms. The monoisotopic (exact) mass is 469 g/mol. The number of amides is 2. The van der Waals surface area contributed by atoms with Crippen molar-refractivity contribution >= 4 is 35.2 Å². The fraction of sp³-hybridized carbons (Fsp3) is 0.227. The minimum Gasteiger partial charge on any atom is -0.509 e. The number of hydrogen-bond acceptors (Lipinski definition) is 8. The van der Waals surface area contributed by atoms with E-state index in [1.54, 1.807) is 0 Å².